The number of carbonyl (C=O) groups excluding carboxylic acids is 1. The Hall–Kier alpha value is -2.93. The summed E-state index contributed by atoms with van der Waals surface area (Å²) in [5.74, 6) is 0.794. The minimum absolute atomic E-state index is 0.0866. The third-order valence-corrected chi connectivity index (χ3v) is 6.92. The van der Waals surface area contributed by atoms with Crippen molar-refractivity contribution in [2.45, 2.75) is 49.1 Å². The van der Waals surface area contributed by atoms with Crippen molar-refractivity contribution in [3.8, 4) is 0 Å². The van der Waals surface area contributed by atoms with Crippen LogP contribution >= 0.6 is 11.8 Å². The van der Waals surface area contributed by atoms with Gasteiger partial charge < -0.3 is 0 Å². The summed E-state index contributed by atoms with van der Waals surface area (Å²) >= 11 is 1.48. The summed E-state index contributed by atoms with van der Waals surface area (Å²) in [6.07, 6.45) is 4.62. The van der Waals surface area contributed by atoms with Crippen molar-refractivity contribution >= 4 is 34.2 Å². The normalized spacial score (nSPS) is 17.5. The molecule has 2 aromatic carbocycles. The van der Waals surface area contributed by atoms with Gasteiger partial charge in [-0.1, -0.05) is 67.1 Å². The van der Waals surface area contributed by atoms with Crippen LogP contribution in [-0.2, 0) is 11.3 Å². The lowest BCUT2D eigenvalue weighted by Crippen LogP contribution is -2.24. The maximum Gasteiger partial charge on any atom is 0.263 e. The van der Waals surface area contributed by atoms with Gasteiger partial charge in [0.05, 0.1) is 22.7 Å². The lowest BCUT2D eigenvalue weighted by Gasteiger charge is -2.13. The van der Waals surface area contributed by atoms with E-state index in [9.17, 15) is 9.59 Å². The maximum absolute atomic E-state index is 13.3. The van der Waals surface area contributed by atoms with Gasteiger partial charge in [-0.25, -0.2) is 0 Å². The van der Waals surface area contributed by atoms with E-state index >= 15 is 0 Å². The van der Waals surface area contributed by atoms with Crippen LogP contribution in [-0.4, -0.2) is 30.2 Å². The summed E-state index contributed by atoms with van der Waals surface area (Å²) in [6, 6.07) is 17.4. The molecule has 0 saturated heterocycles. The van der Waals surface area contributed by atoms with Crippen molar-refractivity contribution in [1.29, 1.82) is 0 Å². The fourth-order valence-corrected chi connectivity index (χ4v) is 5.26. The largest absolute Gasteiger partial charge is 0.298 e. The van der Waals surface area contributed by atoms with Gasteiger partial charge in [0, 0.05) is 6.42 Å². The van der Waals surface area contributed by atoms with Crippen molar-refractivity contribution in [2.24, 2.45) is 0 Å². The van der Waals surface area contributed by atoms with E-state index in [2.05, 4.69) is 10.2 Å². The molecule has 1 aliphatic rings. The molecule has 0 bridgehead atoms. The molecule has 1 saturated carbocycles. The van der Waals surface area contributed by atoms with Crippen molar-refractivity contribution < 1.29 is 4.79 Å². The van der Waals surface area contributed by atoms with Gasteiger partial charge >= 0.3 is 0 Å². The quantitative estimate of drug-likeness (QED) is 0.467. The second kappa shape index (κ2) is 8.07. The van der Waals surface area contributed by atoms with Crippen LogP contribution in [0, 0.1) is 0 Å². The number of benzene rings is 2. The SMILES string of the molecule is O=C1CCCCCC1Sc1nnc2n(Cc3ccccc3)c(=O)c3ccccc3n12. The van der Waals surface area contributed by atoms with E-state index in [0.29, 0.717) is 29.3 Å². The Balaban J connectivity index is 1.67. The highest BCUT2D eigenvalue weighted by atomic mass is 32.2. The van der Waals surface area contributed by atoms with E-state index in [1.54, 1.807) is 4.57 Å². The molecule has 2 aromatic heterocycles. The van der Waals surface area contributed by atoms with Crippen molar-refractivity contribution in [2.75, 3.05) is 0 Å². The number of hydrogen-bond donors (Lipinski definition) is 0. The highest BCUT2D eigenvalue weighted by Gasteiger charge is 2.25. The number of nitrogens with zero attached hydrogens (tertiary/aromatic N) is 4. The molecule has 2 heterocycles. The number of rotatable bonds is 4. The molecule has 1 unspecified atom stereocenters. The predicted molar refractivity (Wildman–Crippen MR) is 118 cm³/mol. The molecule has 30 heavy (non-hydrogen) atoms. The smallest absolute Gasteiger partial charge is 0.263 e. The number of thioether (sulfide) groups is 1. The van der Waals surface area contributed by atoms with Crippen molar-refractivity contribution in [1.82, 2.24) is 19.2 Å². The molecule has 0 N–H and O–H groups in total. The molecule has 4 aromatic rings. The fraction of sp³-hybridized carbons (Fsp3) is 0.304. The standard InChI is InChI=1S/C23H22N4O2S/c28-19-13-5-2-6-14-20(19)30-23-25-24-22-26(15-16-9-3-1-4-10-16)21(29)17-11-7-8-12-18(17)27(22)23/h1,3-4,7-12,20H,2,5-6,13-15H2. The lowest BCUT2D eigenvalue weighted by atomic mass is 10.2. The van der Waals surface area contributed by atoms with Crippen LogP contribution in [0.25, 0.3) is 16.7 Å². The Labute approximate surface area is 177 Å². The number of Topliss-reactive ketones (excluding diaryl/α,β-unsaturated/α-hetero) is 1. The van der Waals surface area contributed by atoms with Gasteiger partial charge in [-0.15, -0.1) is 10.2 Å². The van der Waals surface area contributed by atoms with Gasteiger partial charge in [-0.05, 0) is 30.5 Å². The fourth-order valence-electron chi connectivity index (χ4n) is 4.10. The summed E-state index contributed by atoms with van der Waals surface area (Å²) in [6.45, 7) is 0.416. The highest BCUT2D eigenvalue weighted by Crippen LogP contribution is 2.31. The van der Waals surface area contributed by atoms with Crippen LogP contribution in [0.2, 0.25) is 0 Å². The average molecular weight is 419 g/mol. The van der Waals surface area contributed by atoms with Gasteiger partial charge in [0.15, 0.2) is 5.16 Å². The molecule has 152 valence electrons. The molecule has 1 aliphatic carbocycles. The van der Waals surface area contributed by atoms with Crippen LogP contribution in [0.1, 0.15) is 37.7 Å². The first-order valence-corrected chi connectivity index (χ1v) is 11.2. The Morgan fingerprint density at radius 1 is 0.933 bits per heavy atom. The third-order valence-electron chi connectivity index (χ3n) is 5.66. The molecular weight excluding hydrogens is 396 g/mol. The minimum Gasteiger partial charge on any atom is -0.298 e. The van der Waals surface area contributed by atoms with Crippen LogP contribution in [0.15, 0.2) is 64.5 Å². The molecule has 1 atom stereocenters. The summed E-state index contributed by atoms with van der Waals surface area (Å²) in [5.41, 5.74) is 1.71. The summed E-state index contributed by atoms with van der Waals surface area (Å²) < 4.78 is 3.60. The van der Waals surface area contributed by atoms with E-state index in [1.165, 1.54) is 11.8 Å². The number of para-hydroxylation sites is 1. The Morgan fingerprint density at radius 3 is 2.60 bits per heavy atom. The first kappa shape index (κ1) is 19.1. The zero-order valence-electron chi connectivity index (χ0n) is 16.5. The Morgan fingerprint density at radius 2 is 1.73 bits per heavy atom. The zero-order valence-corrected chi connectivity index (χ0v) is 17.3. The van der Waals surface area contributed by atoms with Gasteiger partial charge in [-0.2, -0.15) is 0 Å². The van der Waals surface area contributed by atoms with E-state index in [1.807, 2.05) is 59.0 Å². The number of fused-ring (bicyclic) bond motifs is 3. The second-order valence-corrected chi connectivity index (χ2v) is 8.85. The predicted octanol–water partition coefficient (Wildman–Crippen LogP) is 4.09. The minimum atomic E-state index is -0.104. The van der Waals surface area contributed by atoms with Gasteiger partial charge in [0.25, 0.3) is 5.56 Å². The number of ketones is 1. The monoisotopic (exact) mass is 418 g/mol. The average Bonchev–Trinajstić information content (AvgIpc) is 3.08. The van der Waals surface area contributed by atoms with Gasteiger partial charge in [-0.3, -0.25) is 18.6 Å². The third kappa shape index (κ3) is 3.43. The van der Waals surface area contributed by atoms with Crippen LogP contribution < -0.4 is 5.56 Å². The molecule has 0 spiro atoms. The van der Waals surface area contributed by atoms with Crippen molar-refractivity contribution in [3.63, 3.8) is 0 Å². The summed E-state index contributed by atoms with van der Waals surface area (Å²) in [4.78, 5) is 25.8. The van der Waals surface area contributed by atoms with Crippen LogP contribution in [0.4, 0.5) is 0 Å². The van der Waals surface area contributed by atoms with Crippen molar-refractivity contribution in [3.05, 3.63) is 70.5 Å². The first-order valence-electron chi connectivity index (χ1n) is 10.3. The van der Waals surface area contributed by atoms with E-state index in [4.69, 9.17) is 0 Å². The van der Waals surface area contributed by atoms with Gasteiger partial charge in [0.1, 0.15) is 5.78 Å². The second-order valence-electron chi connectivity index (χ2n) is 7.68. The van der Waals surface area contributed by atoms with E-state index in [0.717, 1.165) is 36.8 Å². The van der Waals surface area contributed by atoms with E-state index in [-0.39, 0.29) is 16.6 Å². The number of aromatic nitrogens is 4. The molecule has 1 fully saturated rings. The summed E-state index contributed by atoms with van der Waals surface area (Å²) in [7, 11) is 0. The molecule has 6 nitrogen and oxygen atoms in total. The molecule has 7 heteroatoms. The number of hydrogen-bond acceptors (Lipinski definition) is 5. The Kier molecular flexibility index (Phi) is 5.12. The molecular formula is C23H22N4O2S. The first-order chi connectivity index (χ1) is 14.7. The topological polar surface area (TPSA) is 69.3 Å². The van der Waals surface area contributed by atoms with Crippen LogP contribution in [0.3, 0.4) is 0 Å². The maximum atomic E-state index is 13.3. The Bertz CT molecular complexity index is 1280. The molecule has 0 amide bonds. The molecule has 0 radical (unpaired) electrons. The molecule has 0 aliphatic heterocycles. The molecule has 5 rings (SSSR count). The lowest BCUT2D eigenvalue weighted by molar-refractivity contribution is -0.118. The zero-order chi connectivity index (χ0) is 20.5. The highest BCUT2D eigenvalue weighted by molar-refractivity contribution is 8.00. The van der Waals surface area contributed by atoms with E-state index < -0.39 is 0 Å². The number of carbonyl (C=O) groups is 1. The van der Waals surface area contributed by atoms with Gasteiger partial charge in [0.2, 0.25) is 5.78 Å². The van der Waals surface area contributed by atoms with Crippen LogP contribution in [0.5, 0.6) is 0 Å². The summed E-state index contributed by atoms with van der Waals surface area (Å²) in [5, 5.41) is 9.98.